The topological polar surface area (TPSA) is 6.48 Å². The van der Waals surface area contributed by atoms with E-state index in [9.17, 15) is 0 Å². The number of nitrogens with zero attached hydrogens (tertiary/aromatic N) is 2. The molecule has 3 aliphatic heterocycles. The molecule has 61 heavy (non-hydrogen) atoms. The van der Waals surface area contributed by atoms with Crippen LogP contribution in [0.3, 0.4) is 0 Å². The van der Waals surface area contributed by atoms with Crippen molar-refractivity contribution in [1.82, 2.24) is 0 Å². The average Bonchev–Trinajstić information content (AvgIpc) is 3.89. The summed E-state index contributed by atoms with van der Waals surface area (Å²) >= 11 is 0. The number of anilines is 5. The molecule has 8 aromatic carbocycles. The minimum atomic E-state index is -1.79. The molecule has 2 nitrogen and oxygen atoms in total. The van der Waals surface area contributed by atoms with Gasteiger partial charge < -0.3 is 9.80 Å². The van der Waals surface area contributed by atoms with Gasteiger partial charge in [-0.2, -0.15) is 0 Å². The van der Waals surface area contributed by atoms with E-state index >= 15 is 0 Å². The predicted molar refractivity (Wildman–Crippen MR) is 262 cm³/mol. The molecule has 1 spiro atoms. The Bertz CT molecular complexity index is 3060. The molecule has 8 aromatic rings. The highest BCUT2D eigenvalue weighted by Gasteiger charge is 2.47. The van der Waals surface area contributed by atoms with Crippen molar-refractivity contribution in [2.75, 3.05) is 9.80 Å². The van der Waals surface area contributed by atoms with E-state index < -0.39 is 8.07 Å². The molecule has 1 aliphatic carbocycles. The van der Waals surface area contributed by atoms with E-state index in [4.69, 9.17) is 0 Å². The zero-order chi connectivity index (χ0) is 40.7. The van der Waals surface area contributed by atoms with E-state index in [2.05, 4.69) is 218 Å². The maximum atomic E-state index is 2.57. The lowest BCUT2D eigenvalue weighted by molar-refractivity contribution is 0.660. The van der Waals surface area contributed by atoms with Crippen molar-refractivity contribution in [3.63, 3.8) is 0 Å². The molecule has 0 amide bonds. The summed E-state index contributed by atoms with van der Waals surface area (Å²) in [5.41, 5.74) is 18.1. The van der Waals surface area contributed by atoms with Gasteiger partial charge >= 0.3 is 0 Å². The third-order valence-electron chi connectivity index (χ3n) is 14.4. The third kappa shape index (κ3) is 5.60. The first-order chi connectivity index (χ1) is 30.0. The smallest absolute Gasteiger partial charge is 0.123 e. The first-order valence-corrected chi connectivity index (χ1v) is 24.5. The largest absolute Gasteiger partial charge is 0.317 e. The molecule has 1 saturated heterocycles. The maximum Gasteiger partial charge on any atom is 0.123 e. The van der Waals surface area contributed by atoms with E-state index in [-0.39, 0.29) is 5.41 Å². The number of benzene rings is 8. The summed E-state index contributed by atoms with van der Waals surface area (Å²) < 4.78 is 0. The molecule has 3 heteroatoms. The number of hydrogen-bond donors (Lipinski definition) is 0. The lowest BCUT2D eigenvalue weighted by atomic mass is 9.81. The summed E-state index contributed by atoms with van der Waals surface area (Å²) in [7, 11) is -1.79. The first kappa shape index (κ1) is 36.2. The molecule has 3 heterocycles. The van der Waals surface area contributed by atoms with Crippen molar-refractivity contribution in [2.24, 2.45) is 0 Å². The summed E-state index contributed by atoms with van der Waals surface area (Å²) in [5, 5.41) is 5.79. The van der Waals surface area contributed by atoms with Crippen LogP contribution in [0.5, 0.6) is 0 Å². The highest BCUT2D eigenvalue weighted by Crippen LogP contribution is 2.51. The fourth-order valence-electron chi connectivity index (χ4n) is 11.4. The second kappa shape index (κ2) is 13.9. The normalized spacial score (nSPS) is 16.4. The quantitative estimate of drug-likeness (QED) is 0.126. The van der Waals surface area contributed by atoms with Crippen LogP contribution in [0.25, 0.3) is 45.2 Å². The van der Waals surface area contributed by atoms with Gasteiger partial charge in [0, 0.05) is 39.8 Å². The first-order valence-electron chi connectivity index (χ1n) is 22.1. The summed E-state index contributed by atoms with van der Waals surface area (Å²) in [6.07, 6.45) is 12.7. The van der Waals surface area contributed by atoms with Crippen molar-refractivity contribution in [3.8, 4) is 22.3 Å². The predicted octanol–water partition coefficient (Wildman–Crippen LogP) is 14.3. The van der Waals surface area contributed by atoms with Gasteiger partial charge in [-0.1, -0.05) is 178 Å². The molecule has 0 N–H and O–H groups in total. The van der Waals surface area contributed by atoms with Gasteiger partial charge in [-0.3, -0.25) is 0 Å². The van der Waals surface area contributed by atoms with Crippen LogP contribution in [0.15, 0.2) is 182 Å². The molecule has 1 fully saturated rings. The average molecular weight is 801 g/mol. The van der Waals surface area contributed by atoms with Crippen LogP contribution >= 0.6 is 0 Å². The van der Waals surface area contributed by atoms with Crippen LogP contribution in [-0.4, -0.2) is 8.07 Å². The Hall–Kier alpha value is -6.68. The van der Waals surface area contributed by atoms with Crippen LogP contribution in [0.1, 0.15) is 54.5 Å². The number of rotatable bonds is 5. The van der Waals surface area contributed by atoms with Crippen molar-refractivity contribution < 1.29 is 0 Å². The Morgan fingerprint density at radius 1 is 0.508 bits per heavy atom. The van der Waals surface area contributed by atoms with Crippen LogP contribution in [0, 0.1) is 0 Å². The summed E-state index contributed by atoms with van der Waals surface area (Å²) in [6.45, 7) is 4.75. The zero-order valence-corrected chi connectivity index (χ0v) is 35.9. The fraction of sp³-hybridized carbons (Fsp3) is 0.138. The Labute approximate surface area is 360 Å². The standard InChI is InChI=1S/C58H48N2Si/c1-58(2)50-38-41(27-31-47(50)48-32-30-44(39-51(48)58)59-35-13-15-43-14-3-6-18-52(43)59)24-23-40-25-28-42(29-26-40)45-33-34-53(49-17-5-4-16-46(45)49)60-54-19-7-9-21-56(54)61(36-11-12-37-61)57-22-10-8-20-55(57)60/h3-10,13-14,16-35,38-39H,11-12,15,36-37H2,1-2H3/b24-23+. The third-order valence-corrected chi connectivity index (χ3v) is 19.7. The molecule has 0 unspecified atom stereocenters. The Morgan fingerprint density at radius 3 is 1.85 bits per heavy atom. The zero-order valence-electron chi connectivity index (χ0n) is 34.9. The van der Waals surface area contributed by atoms with Gasteiger partial charge in [0.25, 0.3) is 0 Å². The van der Waals surface area contributed by atoms with Crippen LogP contribution in [0.4, 0.5) is 28.4 Å². The van der Waals surface area contributed by atoms with E-state index in [0.29, 0.717) is 0 Å². The van der Waals surface area contributed by atoms with Crippen LogP contribution in [0.2, 0.25) is 12.1 Å². The molecule has 4 aliphatic rings. The van der Waals surface area contributed by atoms with Crippen LogP contribution in [-0.2, 0) is 11.8 Å². The second-order valence-corrected chi connectivity index (χ2v) is 22.3. The van der Waals surface area contributed by atoms with Gasteiger partial charge in [-0.15, -0.1) is 0 Å². The lowest BCUT2D eigenvalue weighted by Gasteiger charge is -2.43. The molecular formula is C58H48N2Si. The second-order valence-electron chi connectivity index (χ2n) is 18.0. The van der Waals surface area contributed by atoms with Crippen molar-refractivity contribution >= 4 is 69.8 Å². The van der Waals surface area contributed by atoms with Gasteiger partial charge in [-0.25, -0.2) is 0 Å². The molecule has 0 radical (unpaired) electrons. The summed E-state index contributed by atoms with van der Waals surface area (Å²) in [5.74, 6) is 0. The SMILES string of the molecule is CC1(C)c2cc(/C=C/c3ccc(-c4ccc(N5c6ccccc6[Si]6(CCCC6)c6ccccc65)c5ccccc45)cc3)ccc2-c2ccc(N3C=CCc4ccccc43)cc21. The van der Waals surface area contributed by atoms with Crippen molar-refractivity contribution in [3.05, 3.63) is 210 Å². The summed E-state index contributed by atoms with van der Waals surface area (Å²) in [4.78, 5) is 4.91. The maximum absolute atomic E-state index is 2.57. The Balaban J connectivity index is 0.835. The van der Waals surface area contributed by atoms with Gasteiger partial charge in [0.2, 0.25) is 0 Å². The highest BCUT2D eigenvalue weighted by atomic mass is 28.3. The lowest BCUT2D eigenvalue weighted by Crippen LogP contribution is -2.60. The van der Waals surface area contributed by atoms with Gasteiger partial charge in [0.05, 0.1) is 5.69 Å². The minimum Gasteiger partial charge on any atom is -0.317 e. The van der Waals surface area contributed by atoms with E-state index in [1.807, 2.05) is 0 Å². The fourth-order valence-corrected chi connectivity index (χ4v) is 16.9. The monoisotopic (exact) mass is 800 g/mol. The van der Waals surface area contributed by atoms with Crippen molar-refractivity contribution in [2.45, 2.75) is 50.6 Å². The Morgan fingerprint density at radius 2 is 1.10 bits per heavy atom. The molecule has 294 valence electrons. The number of para-hydroxylation sites is 3. The number of hydrogen-bond acceptors (Lipinski definition) is 2. The van der Waals surface area contributed by atoms with Gasteiger partial charge in [0.1, 0.15) is 8.07 Å². The molecule has 0 atom stereocenters. The van der Waals surface area contributed by atoms with E-state index in [0.717, 1.165) is 6.42 Å². The molecule has 0 aromatic heterocycles. The molecular weight excluding hydrogens is 753 g/mol. The number of fused-ring (bicyclic) bond motifs is 9. The number of allylic oxidation sites excluding steroid dienone is 1. The minimum absolute atomic E-state index is 0.107. The van der Waals surface area contributed by atoms with E-state index in [1.54, 1.807) is 10.4 Å². The van der Waals surface area contributed by atoms with Gasteiger partial charge in [0.15, 0.2) is 0 Å². The van der Waals surface area contributed by atoms with Crippen LogP contribution < -0.4 is 20.2 Å². The molecule has 0 saturated carbocycles. The van der Waals surface area contributed by atoms with E-state index in [1.165, 1.54) is 114 Å². The molecule has 0 bridgehead atoms. The van der Waals surface area contributed by atoms with Crippen molar-refractivity contribution in [1.29, 1.82) is 0 Å². The van der Waals surface area contributed by atoms with Gasteiger partial charge in [-0.05, 0) is 121 Å². The highest BCUT2D eigenvalue weighted by molar-refractivity contribution is 7.05. The molecule has 12 rings (SSSR count). The summed E-state index contributed by atoms with van der Waals surface area (Å²) in [6, 6.07) is 67.0. The Kier molecular flexibility index (Phi) is 8.27.